The minimum Gasteiger partial charge on any atom is -0.491 e. The summed E-state index contributed by atoms with van der Waals surface area (Å²) in [7, 11) is -2.90. The number of carbonyl (C=O) groups excluding carboxylic acids is 3. The molecule has 10 N–H and O–H groups in total. The van der Waals surface area contributed by atoms with Crippen LogP contribution in [0, 0.1) is 23.2 Å². The largest absolute Gasteiger partial charge is 0.491 e. The van der Waals surface area contributed by atoms with Gasteiger partial charge in [-0.1, -0.05) is 49.4 Å². The van der Waals surface area contributed by atoms with Crippen LogP contribution >= 0.6 is 11.3 Å². The van der Waals surface area contributed by atoms with Crippen LogP contribution in [0.5, 0.6) is 11.5 Å². The van der Waals surface area contributed by atoms with E-state index in [-0.39, 0.29) is 85.6 Å². The van der Waals surface area contributed by atoms with Gasteiger partial charge in [0.25, 0.3) is 10.1 Å². The van der Waals surface area contributed by atoms with Gasteiger partial charge in [0.2, 0.25) is 12.2 Å². The van der Waals surface area contributed by atoms with Crippen molar-refractivity contribution in [3.05, 3.63) is 102 Å². The van der Waals surface area contributed by atoms with E-state index in [0.29, 0.717) is 46.2 Å². The first-order valence-corrected chi connectivity index (χ1v) is 33.3. The van der Waals surface area contributed by atoms with Gasteiger partial charge in [-0.15, -0.1) is 0 Å². The van der Waals surface area contributed by atoms with Crippen molar-refractivity contribution in [2.75, 3.05) is 69.1 Å². The number of carboxylic acid groups (broad SMARTS) is 2. The lowest BCUT2D eigenvalue weighted by Gasteiger charge is -2.69. The molecule has 30 heteroatoms. The first-order chi connectivity index (χ1) is 44.6. The topological polar surface area (TPSA) is 396 Å². The maximum absolute atomic E-state index is 13.8. The number of carboxylic acids is 2. The summed E-state index contributed by atoms with van der Waals surface area (Å²) in [6, 6.07) is 19.5. The summed E-state index contributed by atoms with van der Waals surface area (Å²) in [4.78, 5) is 76.9. The Balaban J connectivity index is 0.722. The number of para-hydroxylation sites is 1. The maximum Gasteiger partial charge on any atom is 0.409 e. The summed E-state index contributed by atoms with van der Waals surface area (Å²) >= 11 is 1.40. The number of aliphatic hydroxyl groups excluding tert-OH is 3. The smallest absolute Gasteiger partial charge is 0.409 e. The Hall–Kier alpha value is -7.91. The third kappa shape index (κ3) is 14.9. The highest BCUT2D eigenvalue weighted by atomic mass is 32.2. The quantitative estimate of drug-likeness (QED) is 0.0248. The molecule has 6 aliphatic rings. The normalized spacial score (nSPS) is 25.7. The van der Waals surface area contributed by atoms with E-state index in [1.165, 1.54) is 34.4 Å². The first-order valence-electron chi connectivity index (χ1n) is 30.9. The second-order valence-corrected chi connectivity index (χ2v) is 28.7. The molecule has 4 amide bonds. The van der Waals surface area contributed by atoms with Crippen LogP contribution in [-0.4, -0.2) is 194 Å². The van der Waals surface area contributed by atoms with Crippen LogP contribution in [0.25, 0.3) is 32.6 Å². The minimum absolute atomic E-state index is 0.0313. The van der Waals surface area contributed by atoms with Gasteiger partial charge in [0.05, 0.1) is 53.3 Å². The van der Waals surface area contributed by atoms with Crippen molar-refractivity contribution in [3.8, 4) is 33.9 Å². The van der Waals surface area contributed by atoms with E-state index in [0.717, 1.165) is 78.5 Å². The van der Waals surface area contributed by atoms with Gasteiger partial charge < -0.3 is 69.9 Å². The molecule has 94 heavy (non-hydrogen) atoms. The Labute approximate surface area is 545 Å². The van der Waals surface area contributed by atoms with Crippen LogP contribution in [0.3, 0.4) is 0 Å². The van der Waals surface area contributed by atoms with Crippen LogP contribution in [0.15, 0.2) is 79.0 Å². The summed E-state index contributed by atoms with van der Waals surface area (Å²) in [6.07, 6.45) is -1.49. The number of rotatable bonds is 25. The van der Waals surface area contributed by atoms with Gasteiger partial charge in [0.1, 0.15) is 49.1 Å². The zero-order valence-corrected chi connectivity index (χ0v) is 53.9. The van der Waals surface area contributed by atoms with Gasteiger partial charge in [0, 0.05) is 72.9 Å². The van der Waals surface area contributed by atoms with Crippen molar-refractivity contribution in [1.82, 2.24) is 30.0 Å². The Bertz CT molecular complexity index is 3930. The molecule has 3 aromatic heterocycles. The molecule has 5 fully saturated rings. The number of carbonyl (C=O) groups is 5. The molecule has 4 bridgehead atoms. The molecule has 5 heterocycles. The second kappa shape index (κ2) is 27.1. The number of amides is 4. The van der Waals surface area contributed by atoms with Gasteiger partial charge in [-0.3, -0.25) is 24.2 Å². The highest BCUT2D eigenvalue weighted by molar-refractivity contribution is 7.85. The van der Waals surface area contributed by atoms with Crippen LogP contribution in [0.2, 0.25) is 0 Å². The molecule has 4 aliphatic carbocycles. The second-order valence-electron chi connectivity index (χ2n) is 26.1. The maximum atomic E-state index is 13.8. The molecule has 1 saturated heterocycles. The lowest BCUT2D eigenvalue weighted by Crippen LogP contribution is -2.64. The molecule has 2 aliphatic heterocycles. The predicted molar refractivity (Wildman–Crippen MR) is 340 cm³/mol. The minimum atomic E-state index is -4.49. The van der Waals surface area contributed by atoms with Crippen LogP contribution in [-0.2, 0) is 58.2 Å². The van der Waals surface area contributed by atoms with Crippen molar-refractivity contribution in [1.29, 1.82) is 0 Å². The zero-order valence-electron chi connectivity index (χ0n) is 52.3. The van der Waals surface area contributed by atoms with Crippen LogP contribution in [0.1, 0.15) is 86.1 Å². The fourth-order valence-electron chi connectivity index (χ4n) is 15.2. The number of aromatic carboxylic acids is 1. The van der Waals surface area contributed by atoms with Crippen molar-refractivity contribution in [2.24, 2.45) is 22.0 Å². The van der Waals surface area contributed by atoms with E-state index < -0.39 is 82.2 Å². The number of likely N-dealkylation sites (N-methyl/N-ethyl adjacent to an activating group) is 1. The van der Waals surface area contributed by atoms with Crippen molar-refractivity contribution in [2.45, 2.75) is 128 Å². The number of benzene rings is 3. The van der Waals surface area contributed by atoms with Gasteiger partial charge >= 0.3 is 24.1 Å². The van der Waals surface area contributed by atoms with Crippen LogP contribution < -0.4 is 30.7 Å². The highest BCUT2D eigenvalue weighted by Gasteiger charge is 2.66. The van der Waals surface area contributed by atoms with E-state index in [1.807, 2.05) is 54.1 Å². The number of hydrogen-bond acceptors (Lipinski definition) is 21. The van der Waals surface area contributed by atoms with Crippen molar-refractivity contribution < 1.29 is 90.9 Å². The number of aliphatic carboxylic acids is 1. The number of fused-ring (bicyclic) bond motifs is 2. The van der Waals surface area contributed by atoms with Crippen molar-refractivity contribution in [3.63, 3.8) is 0 Å². The van der Waals surface area contributed by atoms with E-state index in [4.69, 9.17) is 48.8 Å². The van der Waals surface area contributed by atoms with E-state index in [9.17, 15) is 57.9 Å². The summed E-state index contributed by atoms with van der Waals surface area (Å²) in [5, 5.41) is 62.2. The molecule has 8 atom stereocenters. The molecule has 6 aromatic rings. The van der Waals surface area contributed by atoms with Gasteiger partial charge in [-0.2, -0.15) is 13.5 Å². The number of aromatic nitrogens is 4. The standard InChI is InChI=1S/C64H77N9O19S2/c1-36-42(41-15-16-44(68-49(41)55(78)79)38-12-11-37-8-7-18-72(46(37)24-38)59(82)70-58-69-45-9-5-6-10-48(45)93-58)26-67-73(36)35-63-30-61(2)29-62(3,31-63)33-64(32-61,34-63)90-21-19-71(4)60(83)89-27-39-13-14-40(91-57-52(76)50(74)51(75)53(92-57)56(80)81)25-47(39)88-23-22-87-20-17-66-54(77)43(65)28-94(84,85)86/h5-6,9-16,24-26,43,50-53,57,74-76H,7-8,17-23,27-35,65H2,1-4H3,(H,66,77)(H,78,79)(H,80,81)(H,69,70,82)(H,84,85,86)/t43?,50-,51-,52+,53-,57+,61?,62?,63?,64?/m0/s1. The molecule has 4 saturated carbocycles. The van der Waals surface area contributed by atoms with Gasteiger partial charge in [-0.25, -0.2) is 29.1 Å². The first kappa shape index (κ1) is 67.5. The fraction of sp³-hybridized carbons (Fsp3) is 0.500. The molecular weight excluding hydrogens is 1260 g/mol. The number of hydrogen-bond donors (Lipinski definition) is 9. The van der Waals surface area contributed by atoms with Crippen LogP contribution in [0.4, 0.5) is 20.4 Å². The number of nitrogens with two attached hydrogens (primary N) is 1. The summed E-state index contributed by atoms with van der Waals surface area (Å²) in [6.45, 7) is 7.45. The number of ether oxygens (including phenoxy) is 6. The number of urea groups is 1. The number of thiazole rings is 1. The van der Waals surface area contributed by atoms with E-state index in [1.54, 1.807) is 30.3 Å². The van der Waals surface area contributed by atoms with Gasteiger partial charge in [0.15, 0.2) is 16.9 Å². The lowest BCUT2D eigenvalue weighted by atomic mass is 9.39. The SMILES string of the molecule is Cc1c(-c2ccc(-c3ccc4c(c3)N(C(=O)Nc3nc5ccccc5s3)CCC4)nc2C(=O)O)cnn1CC12CC3(C)CC(C)(C1)CC(OCCN(C)C(=O)OCc1ccc(O[C@@H]4O[C@H](C(=O)O)[C@@H](O)[C@H](O)[C@H]4O)cc1OCCOCCNC(=O)C(N)CS(=O)(=O)O)(C3)C2. The number of pyridine rings is 1. The van der Waals surface area contributed by atoms with E-state index >= 15 is 0 Å². The monoisotopic (exact) mass is 1340 g/mol. The van der Waals surface area contributed by atoms with Gasteiger partial charge in [-0.05, 0) is 123 Å². The Morgan fingerprint density at radius 1 is 0.883 bits per heavy atom. The molecule has 0 radical (unpaired) electrons. The number of aliphatic hydroxyl groups is 3. The zero-order chi connectivity index (χ0) is 67.1. The highest BCUT2D eigenvalue weighted by Crippen LogP contribution is 2.72. The number of aryl methyl sites for hydroxylation is 1. The Kier molecular flexibility index (Phi) is 19.4. The molecular formula is C64H77N9O19S2. The fourth-order valence-corrected chi connectivity index (χ4v) is 16.7. The lowest BCUT2D eigenvalue weighted by molar-refractivity contribution is -0.271. The molecule has 3 unspecified atom stereocenters. The number of nitrogens with zero attached hydrogens (tertiary/aromatic N) is 6. The molecule has 3 aromatic carbocycles. The third-order valence-electron chi connectivity index (χ3n) is 18.2. The molecule has 28 nitrogen and oxygen atoms in total. The van der Waals surface area contributed by atoms with E-state index in [2.05, 4.69) is 29.5 Å². The number of nitrogens with one attached hydrogen (secondary N) is 2. The summed E-state index contributed by atoms with van der Waals surface area (Å²) < 4.78 is 69.4. The van der Waals surface area contributed by atoms with Crippen molar-refractivity contribution >= 4 is 72.5 Å². The Morgan fingerprint density at radius 2 is 1.65 bits per heavy atom. The Morgan fingerprint density at radius 3 is 2.38 bits per heavy atom. The number of anilines is 2. The molecule has 12 rings (SSSR count). The third-order valence-corrected chi connectivity index (χ3v) is 20.0. The molecule has 0 spiro atoms. The average Bonchev–Trinajstić information content (AvgIpc) is 0.700. The predicted octanol–water partition coefficient (Wildman–Crippen LogP) is 5.62. The molecule has 504 valence electrons. The average molecular weight is 1340 g/mol. The summed E-state index contributed by atoms with van der Waals surface area (Å²) in [5.41, 5.74) is 10.4. The summed E-state index contributed by atoms with van der Waals surface area (Å²) in [5.74, 6) is -4.52.